The Balaban J connectivity index is 1.84. The van der Waals surface area contributed by atoms with Gasteiger partial charge < -0.3 is 9.88 Å². The molecule has 1 aliphatic carbocycles. The van der Waals surface area contributed by atoms with Crippen LogP contribution in [0.4, 0.5) is 0 Å². The first-order valence-corrected chi connectivity index (χ1v) is 8.66. The highest BCUT2D eigenvalue weighted by molar-refractivity contribution is 6.07. The Morgan fingerprint density at radius 1 is 1.24 bits per heavy atom. The largest absolute Gasteiger partial charge is 0.348 e. The summed E-state index contributed by atoms with van der Waals surface area (Å²) in [7, 11) is 0. The Kier molecular flexibility index (Phi) is 4.62. The van der Waals surface area contributed by atoms with Crippen LogP contribution in [0.2, 0.25) is 0 Å². The van der Waals surface area contributed by atoms with E-state index in [1.807, 2.05) is 50.4 Å². The quantitative estimate of drug-likeness (QED) is 0.910. The molecule has 4 heteroatoms. The van der Waals surface area contributed by atoms with Crippen LogP contribution in [0.5, 0.6) is 0 Å². The van der Waals surface area contributed by atoms with Gasteiger partial charge in [-0.15, -0.1) is 0 Å². The maximum absolute atomic E-state index is 12.7. The zero-order chi connectivity index (χ0) is 18.1. The van der Waals surface area contributed by atoms with Gasteiger partial charge in [-0.1, -0.05) is 17.7 Å². The predicted molar refractivity (Wildman–Crippen MR) is 101 cm³/mol. The van der Waals surface area contributed by atoms with Gasteiger partial charge >= 0.3 is 0 Å². The number of benzene rings is 1. The van der Waals surface area contributed by atoms with E-state index in [9.17, 15) is 9.59 Å². The van der Waals surface area contributed by atoms with Gasteiger partial charge in [0, 0.05) is 47.2 Å². The molecule has 130 valence electrons. The topological polar surface area (TPSA) is 51.1 Å². The lowest BCUT2D eigenvalue weighted by molar-refractivity contribution is -0.115. The van der Waals surface area contributed by atoms with E-state index in [0.717, 1.165) is 22.0 Å². The minimum atomic E-state index is -0.147. The Labute approximate surface area is 148 Å². The Bertz CT molecular complexity index is 913. The molecule has 0 aliphatic heterocycles. The standard InChI is InChI=1S/C21H24N2O2/c1-13(2)23-9-8-16-17(6-5-7-19(16)23)21(25)22-12-18-15(4)10-14(3)11-20(18)24/h5-10,13H,11-12H2,1-4H3,(H,22,25). The van der Waals surface area contributed by atoms with Gasteiger partial charge in [-0.25, -0.2) is 0 Å². The van der Waals surface area contributed by atoms with E-state index < -0.39 is 0 Å². The van der Waals surface area contributed by atoms with Crippen molar-refractivity contribution in [3.63, 3.8) is 0 Å². The zero-order valence-corrected chi connectivity index (χ0v) is 15.2. The van der Waals surface area contributed by atoms with Crippen molar-refractivity contribution in [2.45, 2.75) is 40.2 Å². The Morgan fingerprint density at radius 2 is 2.00 bits per heavy atom. The van der Waals surface area contributed by atoms with Crippen LogP contribution in [0.25, 0.3) is 10.9 Å². The summed E-state index contributed by atoms with van der Waals surface area (Å²) in [6.07, 6.45) is 4.47. The summed E-state index contributed by atoms with van der Waals surface area (Å²) >= 11 is 0. The van der Waals surface area contributed by atoms with Gasteiger partial charge in [0.2, 0.25) is 0 Å². The molecule has 2 aromatic rings. The molecule has 1 heterocycles. The maximum Gasteiger partial charge on any atom is 0.252 e. The van der Waals surface area contributed by atoms with Crippen LogP contribution in [0.1, 0.15) is 50.5 Å². The molecule has 0 saturated heterocycles. The summed E-state index contributed by atoms with van der Waals surface area (Å²) in [5.41, 5.74) is 4.40. The van der Waals surface area contributed by atoms with Crippen LogP contribution in [-0.4, -0.2) is 22.8 Å². The summed E-state index contributed by atoms with van der Waals surface area (Å²) < 4.78 is 2.15. The number of amides is 1. The molecule has 0 radical (unpaired) electrons. The van der Waals surface area contributed by atoms with Gasteiger partial charge in [0.15, 0.2) is 5.78 Å². The van der Waals surface area contributed by atoms with Crippen LogP contribution in [0.15, 0.2) is 53.3 Å². The van der Waals surface area contributed by atoms with Gasteiger partial charge in [-0.05, 0) is 51.5 Å². The highest BCUT2D eigenvalue weighted by Gasteiger charge is 2.19. The molecule has 3 rings (SSSR count). The number of ketones is 1. The summed E-state index contributed by atoms with van der Waals surface area (Å²) in [5.74, 6) is -0.0477. The fourth-order valence-corrected chi connectivity index (χ4v) is 3.43. The van der Waals surface area contributed by atoms with Crippen molar-refractivity contribution < 1.29 is 9.59 Å². The predicted octanol–water partition coefficient (Wildman–Crippen LogP) is 4.19. The van der Waals surface area contributed by atoms with Crippen LogP contribution in [0.3, 0.4) is 0 Å². The average Bonchev–Trinajstić information content (AvgIpc) is 2.97. The second-order valence-corrected chi connectivity index (χ2v) is 6.99. The first-order chi connectivity index (χ1) is 11.9. The molecule has 0 fully saturated rings. The molecule has 0 saturated carbocycles. The van der Waals surface area contributed by atoms with E-state index in [1.54, 1.807) is 0 Å². The third-order valence-corrected chi connectivity index (χ3v) is 4.70. The molecule has 0 atom stereocenters. The number of Topliss-reactive ketones (excluding diaryl/α,β-unsaturated/α-hetero) is 1. The van der Waals surface area contributed by atoms with Gasteiger partial charge in [0.1, 0.15) is 0 Å². The average molecular weight is 336 g/mol. The third-order valence-electron chi connectivity index (χ3n) is 4.70. The summed E-state index contributed by atoms with van der Waals surface area (Å²) in [6, 6.07) is 8.07. The number of allylic oxidation sites excluding steroid dienone is 3. The summed E-state index contributed by atoms with van der Waals surface area (Å²) in [5, 5.41) is 3.85. The fraction of sp³-hybridized carbons (Fsp3) is 0.333. The molecule has 0 bridgehead atoms. The monoisotopic (exact) mass is 336 g/mol. The molecule has 25 heavy (non-hydrogen) atoms. The van der Waals surface area contributed by atoms with E-state index in [-0.39, 0.29) is 18.2 Å². The van der Waals surface area contributed by atoms with Crippen LogP contribution >= 0.6 is 0 Å². The van der Waals surface area contributed by atoms with E-state index in [2.05, 4.69) is 23.7 Å². The molecule has 1 aromatic heterocycles. The van der Waals surface area contributed by atoms with Crippen LogP contribution < -0.4 is 5.32 Å². The summed E-state index contributed by atoms with van der Waals surface area (Å²) in [6.45, 7) is 8.38. The number of nitrogens with zero attached hydrogens (tertiary/aromatic N) is 1. The molecule has 1 N–H and O–H groups in total. The van der Waals surface area contributed by atoms with E-state index in [0.29, 0.717) is 23.6 Å². The van der Waals surface area contributed by atoms with Crippen LogP contribution in [-0.2, 0) is 4.79 Å². The van der Waals surface area contributed by atoms with E-state index in [1.165, 1.54) is 0 Å². The number of aromatic nitrogens is 1. The number of hydrogen-bond donors (Lipinski definition) is 1. The lowest BCUT2D eigenvalue weighted by Gasteiger charge is -2.16. The first-order valence-electron chi connectivity index (χ1n) is 8.66. The second-order valence-electron chi connectivity index (χ2n) is 6.99. The normalized spacial score (nSPS) is 15.1. The highest BCUT2D eigenvalue weighted by Crippen LogP contribution is 2.24. The first kappa shape index (κ1) is 17.2. The number of rotatable bonds is 4. The molecule has 1 amide bonds. The van der Waals surface area contributed by atoms with Gasteiger partial charge in [0.25, 0.3) is 5.91 Å². The van der Waals surface area contributed by atoms with Crippen molar-refractivity contribution in [3.8, 4) is 0 Å². The van der Waals surface area contributed by atoms with Crippen LogP contribution in [0, 0.1) is 0 Å². The number of fused-ring (bicyclic) bond motifs is 1. The molecule has 4 nitrogen and oxygen atoms in total. The number of carbonyl (C=O) groups is 2. The molecular formula is C21H24N2O2. The van der Waals surface area contributed by atoms with Crippen molar-refractivity contribution in [2.75, 3.05) is 6.54 Å². The summed E-state index contributed by atoms with van der Waals surface area (Å²) in [4.78, 5) is 24.9. The SMILES string of the molecule is CC1=CC(C)=C(CNC(=O)c2cccc3c2ccn3C(C)C)C(=O)C1. The van der Waals surface area contributed by atoms with E-state index >= 15 is 0 Å². The number of carbonyl (C=O) groups excluding carboxylic acids is 2. The number of hydrogen-bond acceptors (Lipinski definition) is 2. The number of nitrogens with one attached hydrogen (secondary N) is 1. The van der Waals surface area contributed by atoms with E-state index in [4.69, 9.17) is 0 Å². The lowest BCUT2D eigenvalue weighted by Crippen LogP contribution is -2.29. The zero-order valence-electron chi connectivity index (χ0n) is 15.2. The molecule has 0 spiro atoms. The minimum Gasteiger partial charge on any atom is -0.348 e. The minimum absolute atomic E-state index is 0.0990. The smallest absolute Gasteiger partial charge is 0.252 e. The fourth-order valence-electron chi connectivity index (χ4n) is 3.43. The van der Waals surface area contributed by atoms with Crippen molar-refractivity contribution >= 4 is 22.6 Å². The molecule has 0 unspecified atom stereocenters. The lowest BCUT2D eigenvalue weighted by atomic mass is 9.92. The van der Waals surface area contributed by atoms with Gasteiger partial charge in [-0.2, -0.15) is 0 Å². The van der Waals surface area contributed by atoms with Gasteiger partial charge in [0.05, 0.1) is 0 Å². The maximum atomic E-state index is 12.7. The molecular weight excluding hydrogens is 312 g/mol. The van der Waals surface area contributed by atoms with Crippen molar-refractivity contribution in [1.29, 1.82) is 0 Å². The second kappa shape index (κ2) is 6.71. The molecule has 1 aromatic carbocycles. The van der Waals surface area contributed by atoms with Crippen molar-refractivity contribution in [1.82, 2.24) is 9.88 Å². The van der Waals surface area contributed by atoms with Crippen molar-refractivity contribution in [3.05, 3.63) is 58.8 Å². The Morgan fingerprint density at radius 3 is 2.68 bits per heavy atom. The third kappa shape index (κ3) is 3.29. The molecule has 1 aliphatic rings. The Hall–Kier alpha value is -2.62. The van der Waals surface area contributed by atoms with Gasteiger partial charge in [-0.3, -0.25) is 9.59 Å². The highest BCUT2D eigenvalue weighted by atomic mass is 16.2. The van der Waals surface area contributed by atoms with Crippen molar-refractivity contribution in [2.24, 2.45) is 0 Å².